The van der Waals surface area contributed by atoms with Crippen LogP contribution >= 0.6 is 0 Å². The van der Waals surface area contributed by atoms with Gasteiger partial charge in [-0.15, -0.1) is 6.42 Å². The molecule has 3 nitrogen and oxygen atoms in total. The maximum atomic E-state index is 10.1. The highest BCUT2D eigenvalue weighted by atomic mass is 16.5. The normalized spacial score (nSPS) is 10.9. The fourth-order valence-corrected chi connectivity index (χ4v) is 1.13. The van der Waals surface area contributed by atoms with Crippen molar-refractivity contribution in [2.75, 3.05) is 6.61 Å². The van der Waals surface area contributed by atoms with E-state index in [4.69, 9.17) is 11.2 Å². The smallest absolute Gasteiger partial charge is 0.335 e. The predicted octanol–water partition coefficient (Wildman–Crippen LogP) is 2.52. The molecule has 1 aromatic carbocycles. The van der Waals surface area contributed by atoms with Crippen molar-refractivity contribution in [3.63, 3.8) is 0 Å². The van der Waals surface area contributed by atoms with Crippen molar-refractivity contribution in [3.8, 4) is 18.4 Å². The molecule has 0 aliphatic heterocycles. The summed E-state index contributed by atoms with van der Waals surface area (Å²) in [6, 6.07) is 9.87. The Balaban J connectivity index is 2.83. The summed E-state index contributed by atoms with van der Waals surface area (Å²) < 4.78 is 5.22. The molecule has 0 saturated heterocycles. The molecule has 0 spiro atoms. The van der Waals surface area contributed by atoms with Crippen molar-refractivity contribution in [2.24, 2.45) is 0 Å². The highest BCUT2D eigenvalue weighted by Gasteiger charge is 2.14. The Kier molecular flexibility index (Phi) is 4.22. The molecule has 0 aromatic heterocycles. The van der Waals surface area contributed by atoms with Gasteiger partial charge in [-0.2, -0.15) is 0 Å². The number of ether oxygens (including phenoxy) is 1. The SMILES string of the molecule is C#CCOC(C#[N+][O-])c1ccc(C)cc1. The van der Waals surface area contributed by atoms with Gasteiger partial charge in [-0.3, -0.25) is 0 Å². The summed E-state index contributed by atoms with van der Waals surface area (Å²) >= 11 is 0. The molecule has 0 radical (unpaired) electrons. The minimum atomic E-state index is -0.584. The van der Waals surface area contributed by atoms with Crippen molar-refractivity contribution in [3.05, 3.63) is 45.6 Å². The molecule has 1 atom stereocenters. The van der Waals surface area contributed by atoms with Crippen molar-refractivity contribution >= 4 is 0 Å². The van der Waals surface area contributed by atoms with Crippen LogP contribution in [0.25, 0.3) is 5.01 Å². The monoisotopic (exact) mass is 201 g/mol. The zero-order valence-electron chi connectivity index (χ0n) is 8.43. The number of terminal acetylenes is 1. The van der Waals surface area contributed by atoms with Gasteiger partial charge in [-0.05, 0) is 12.5 Å². The molecule has 1 rings (SSSR count). The molecule has 0 saturated carbocycles. The second-order valence-corrected chi connectivity index (χ2v) is 3.03. The number of hydrogen-bond acceptors (Lipinski definition) is 2. The molecule has 0 aliphatic rings. The Labute approximate surface area is 89.1 Å². The summed E-state index contributed by atoms with van der Waals surface area (Å²) in [5, 5.41) is 12.7. The highest BCUT2D eigenvalue weighted by Crippen LogP contribution is 2.17. The van der Waals surface area contributed by atoms with Crippen molar-refractivity contribution in [1.29, 1.82) is 0 Å². The third-order valence-electron chi connectivity index (χ3n) is 1.88. The molecule has 0 fully saturated rings. The van der Waals surface area contributed by atoms with Gasteiger partial charge < -0.3 is 9.94 Å². The van der Waals surface area contributed by atoms with Crippen LogP contribution in [-0.2, 0) is 4.74 Å². The van der Waals surface area contributed by atoms with E-state index in [0.29, 0.717) is 0 Å². The Hall–Kier alpha value is -1.97. The summed E-state index contributed by atoms with van der Waals surface area (Å²) in [5.74, 6) is 2.33. The molecule has 1 unspecified atom stereocenters. The largest absolute Gasteiger partial charge is 0.498 e. The van der Waals surface area contributed by atoms with Gasteiger partial charge in [0, 0.05) is 5.01 Å². The van der Waals surface area contributed by atoms with E-state index in [-0.39, 0.29) is 6.61 Å². The molecule has 0 bridgehead atoms. The van der Waals surface area contributed by atoms with E-state index in [0.717, 1.165) is 11.1 Å². The molecule has 1 aromatic rings. The first-order valence-electron chi connectivity index (χ1n) is 4.47. The summed E-state index contributed by atoms with van der Waals surface area (Å²) in [5.41, 5.74) is 1.95. The molecule has 0 N–H and O–H groups in total. The average molecular weight is 201 g/mol. The Morgan fingerprint density at radius 3 is 2.67 bits per heavy atom. The zero-order chi connectivity index (χ0) is 11.1. The molecular formula is C12H11NO2. The van der Waals surface area contributed by atoms with Crippen LogP contribution in [0, 0.1) is 30.5 Å². The quantitative estimate of drug-likeness (QED) is 0.556. The van der Waals surface area contributed by atoms with Crippen LogP contribution in [0.15, 0.2) is 24.3 Å². The summed E-state index contributed by atoms with van der Waals surface area (Å²) in [6.07, 6.45) is 4.48. The molecule has 0 aliphatic carbocycles. The van der Waals surface area contributed by atoms with Gasteiger partial charge >= 0.3 is 6.07 Å². The summed E-state index contributed by atoms with van der Waals surface area (Å²) in [4.78, 5) is 0. The van der Waals surface area contributed by atoms with Crippen molar-refractivity contribution < 1.29 is 4.74 Å². The minimum Gasteiger partial charge on any atom is -0.498 e. The maximum absolute atomic E-state index is 10.1. The van der Waals surface area contributed by atoms with E-state index >= 15 is 0 Å². The lowest BCUT2D eigenvalue weighted by atomic mass is 10.1. The lowest BCUT2D eigenvalue weighted by molar-refractivity contribution is 0.121. The summed E-state index contributed by atoms with van der Waals surface area (Å²) in [6.45, 7) is 2.10. The minimum absolute atomic E-state index is 0.126. The molecule has 0 heterocycles. The van der Waals surface area contributed by atoms with Gasteiger partial charge in [0.15, 0.2) is 0 Å². The van der Waals surface area contributed by atoms with Gasteiger partial charge in [-0.1, -0.05) is 35.7 Å². The lowest BCUT2D eigenvalue weighted by Crippen LogP contribution is -2.02. The first kappa shape index (κ1) is 11.1. The zero-order valence-corrected chi connectivity index (χ0v) is 8.43. The molecule has 15 heavy (non-hydrogen) atoms. The third-order valence-corrected chi connectivity index (χ3v) is 1.88. The standard InChI is InChI=1S/C12H11NO2/c1-3-8-15-12(9-13-14)11-6-4-10(2)5-7-11/h1,4-7,12H,8H2,2H3. The average Bonchev–Trinajstić information content (AvgIpc) is 2.25. The van der Waals surface area contributed by atoms with Crippen LogP contribution in [0.5, 0.6) is 0 Å². The second-order valence-electron chi connectivity index (χ2n) is 3.03. The van der Waals surface area contributed by atoms with E-state index in [1.807, 2.05) is 31.2 Å². The predicted molar refractivity (Wildman–Crippen MR) is 59.3 cm³/mol. The Bertz CT molecular complexity index is 406. The van der Waals surface area contributed by atoms with Crippen LogP contribution in [0.2, 0.25) is 0 Å². The fourth-order valence-electron chi connectivity index (χ4n) is 1.13. The Morgan fingerprint density at radius 2 is 2.13 bits per heavy atom. The van der Waals surface area contributed by atoms with E-state index in [9.17, 15) is 5.21 Å². The van der Waals surface area contributed by atoms with Crippen LogP contribution in [0.4, 0.5) is 0 Å². The van der Waals surface area contributed by atoms with Crippen molar-refractivity contribution in [1.82, 2.24) is 0 Å². The third kappa shape index (κ3) is 3.34. The first-order valence-corrected chi connectivity index (χ1v) is 4.47. The number of rotatable bonds is 3. The van der Waals surface area contributed by atoms with E-state index in [1.165, 1.54) is 0 Å². The van der Waals surface area contributed by atoms with Gasteiger partial charge in [0.25, 0.3) is 0 Å². The van der Waals surface area contributed by atoms with Crippen LogP contribution < -0.4 is 0 Å². The first-order chi connectivity index (χ1) is 7.27. The van der Waals surface area contributed by atoms with Crippen molar-refractivity contribution in [2.45, 2.75) is 13.0 Å². The van der Waals surface area contributed by atoms with Crippen LogP contribution in [-0.4, -0.2) is 6.61 Å². The fraction of sp³-hybridized carbons (Fsp3) is 0.250. The molecular weight excluding hydrogens is 190 g/mol. The van der Waals surface area contributed by atoms with E-state index in [1.54, 1.807) is 0 Å². The highest BCUT2D eigenvalue weighted by molar-refractivity contribution is 5.27. The lowest BCUT2D eigenvalue weighted by Gasteiger charge is -2.06. The number of benzene rings is 1. The topological polar surface area (TPSA) is 36.6 Å². The number of aryl methyl sites for hydroxylation is 1. The van der Waals surface area contributed by atoms with E-state index < -0.39 is 6.10 Å². The number of nitrogens with zero attached hydrogens (tertiary/aromatic N) is 1. The van der Waals surface area contributed by atoms with Crippen LogP contribution in [0.3, 0.4) is 0 Å². The molecule has 3 heteroatoms. The van der Waals surface area contributed by atoms with Gasteiger partial charge in [0.05, 0.1) is 0 Å². The number of hydrogen-bond donors (Lipinski definition) is 0. The van der Waals surface area contributed by atoms with Gasteiger partial charge in [0.1, 0.15) is 6.61 Å². The maximum Gasteiger partial charge on any atom is 0.335 e. The molecule has 76 valence electrons. The Morgan fingerprint density at radius 1 is 1.47 bits per heavy atom. The van der Waals surface area contributed by atoms with Gasteiger partial charge in [-0.25, -0.2) is 0 Å². The molecule has 0 amide bonds. The van der Waals surface area contributed by atoms with Crippen LogP contribution in [0.1, 0.15) is 17.2 Å². The van der Waals surface area contributed by atoms with E-state index in [2.05, 4.69) is 17.0 Å². The summed E-state index contributed by atoms with van der Waals surface area (Å²) in [7, 11) is 0. The van der Waals surface area contributed by atoms with Gasteiger partial charge in [0.2, 0.25) is 6.10 Å². The second kappa shape index (κ2) is 5.70.